The zero-order valence-corrected chi connectivity index (χ0v) is 22.8. The average molecular weight is 541 g/mol. The number of likely N-dealkylation sites (tertiary alicyclic amines) is 2. The molecular formula is C30H35Cl2N3O2. The summed E-state index contributed by atoms with van der Waals surface area (Å²) in [4.78, 5) is 20.7. The monoisotopic (exact) mass is 539 g/mol. The van der Waals surface area contributed by atoms with Crippen LogP contribution >= 0.6 is 23.2 Å². The number of amides is 1. The first-order valence-corrected chi connectivity index (χ1v) is 14.3. The SMILES string of the molecule is C[C@@H]1CN(CC(O)C2CCN(C(=O)c3cc4c(Cl)cc(Cl)cc4[nH]3)CC2)CC[C@@]12C=CC1=CC=CCC12. The van der Waals surface area contributed by atoms with E-state index in [9.17, 15) is 9.90 Å². The van der Waals surface area contributed by atoms with E-state index in [1.165, 1.54) is 5.57 Å². The Morgan fingerprint density at radius 2 is 2.03 bits per heavy atom. The highest BCUT2D eigenvalue weighted by Gasteiger charge is 2.48. The molecule has 7 heteroatoms. The molecule has 1 spiro atoms. The molecular weight excluding hydrogens is 505 g/mol. The number of aliphatic hydroxyl groups is 1. The van der Waals surface area contributed by atoms with Crippen molar-refractivity contribution in [2.45, 2.75) is 38.7 Å². The normalized spacial score (nSPS) is 29.2. The number of rotatable bonds is 4. The Bertz CT molecular complexity index is 1290. The molecule has 6 rings (SSSR count). The van der Waals surface area contributed by atoms with Gasteiger partial charge in [0.1, 0.15) is 5.69 Å². The van der Waals surface area contributed by atoms with E-state index in [2.05, 4.69) is 47.2 Å². The summed E-state index contributed by atoms with van der Waals surface area (Å²) >= 11 is 12.4. The minimum atomic E-state index is -0.361. The number of halogens is 2. The molecule has 37 heavy (non-hydrogen) atoms. The third-order valence-corrected chi connectivity index (χ3v) is 9.97. The zero-order valence-electron chi connectivity index (χ0n) is 21.3. The van der Waals surface area contributed by atoms with Crippen molar-refractivity contribution >= 4 is 40.0 Å². The van der Waals surface area contributed by atoms with Crippen LogP contribution in [0.1, 0.15) is 43.1 Å². The first-order valence-electron chi connectivity index (χ1n) is 13.6. The number of aliphatic hydroxyl groups excluding tert-OH is 1. The quantitative estimate of drug-likeness (QED) is 0.494. The number of aromatic nitrogens is 1. The number of fused-ring (bicyclic) bond motifs is 3. The number of benzene rings is 1. The van der Waals surface area contributed by atoms with E-state index in [-0.39, 0.29) is 23.3 Å². The first-order chi connectivity index (χ1) is 17.8. The molecule has 0 radical (unpaired) electrons. The molecule has 2 unspecified atom stereocenters. The second-order valence-electron chi connectivity index (χ2n) is 11.5. The molecule has 4 aliphatic rings. The molecule has 0 bridgehead atoms. The van der Waals surface area contributed by atoms with Gasteiger partial charge in [0, 0.05) is 47.5 Å². The predicted octanol–water partition coefficient (Wildman–Crippen LogP) is 6.09. The van der Waals surface area contributed by atoms with Gasteiger partial charge < -0.3 is 19.9 Å². The summed E-state index contributed by atoms with van der Waals surface area (Å²) in [6.07, 6.45) is 15.2. The van der Waals surface area contributed by atoms with Gasteiger partial charge in [0.05, 0.1) is 11.1 Å². The number of aromatic amines is 1. The Hall–Kier alpha value is -2.05. The van der Waals surface area contributed by atoms with E-state index in [0.717, 1.165) is 56.2 Å². The van der Waals surface area contributed by atoms with Gasteiger partial charge in [-0.15, -0.1) is 0 Å². The molecule has 2 fully saturated rings. The van der Waals surface area contributed by atoms with Gasteiger partial charge >= 0.3 is 0 Å². The summed E-state index contributed by atoms with van der Waals surface area (Å²) in [5, 5.41) is 13.0. The lowest BCUT2D eigenvalue weighted by atomic mass is 9.62. The number of nitrogens with one attached hydrogen (secondary N) is 1. The van der Waals surface area contributed by atoms with Crippen LogP contribution in [0.5, 0.6) is 0 Å². The highest BCUT2D eigenvalue weighted by atomic mass is 35.5. The third-order valence-electron chi connectivity index (χ3n) is 9.44. The molecule has 2 aliphatic heterocycles. The van der Waals surface area contributed by atoms with Crippen molar-refractivity contribution in [2.75, 3.05) is 32.7 Å². The molecule has 1 amide bonds. The van der Waals surface area contributed by atoms with Gasteiger partial charge in [-0.2, -0.15) is 0 Å². The molecule has 2 aromatic rings. The van der Waals surface area contributed by atoms with Crippen molar-refractivity contribution in [3.05, 3.63) is 69.9 Å². The number of allylic oxidation sites excluding steroid dienone is 6. The summed E-state index contributed by atoms with van der Waals surface area (Å²) < 4.78 is 0. The number of H-pyrrole nitrogens is 1. The molecule has 3 heterocycles. The number of piperidine rings is 2. The van der Waals surface area contributed by atoms with Crippen LogP contribution in [-0.2, 0) is 0 Å². The maximum Gasteiger partial charge on any atom is 0.270 e. The molecule has 1 aromatic heterocycles. The van der Waals surface area contributed by atoms with Gasteiger partial charge in [-0.3, -0.25) is 4.79 Å². The molecule has 2 saturated heterocycles. The van der Waals surface area contributed by atoms with Crippen molar-refractivity contribution in [3.63, 3.8) is 0 Å². The Kier molecular flexibility index (Phi) is 6.77. The van der Waals surface area contributed by atoms with Crippen LogP contribution in [0.25, 0.3) is 10.9 Å². The van der Waals surface area contributed by atoms with Gasteiger partial charge in [0.15, 0.2) is 0 Å². The number of carbonyl (C=O) groups is 1. The summed E-state index contributed by atoms with van der Waals surface area (Å²) in [5.74, 6) is 1.37. The highest BCUT2D eigenvalue weighted by Crippen LogP contribution is 2.53. The minimum Gasteiger partial charge on any atom is -0.392 e. The van der Waals surface area contributed by atoms with Crippen LogP contribution in [-0.4, -0.2) is 64.6 Å². The van der Waals surface area contributed by atoms with E-state index in [1.807, 2.05) is 11.0 Å². The van der Waals surface area contributed by atoms with Gasteiger partial charge in [0.25, 0.3) is 5.91 Å². The van der Waals surface area contributed by atoms with Gasteiger partial charge in [-0.1, -0.05) is 60.5 Å². The lowest BCUT2D eigenvalue weighted by Crippen LogP contribution is -2.51. The largest absolute Gasteiger partial charge is 0.392 e. The van der Waals surface area contributed by atoms with Gasteiger partial charge in [-0.05, 0) is 73.8 Å². The predicted molar refractivity (Wildman–Crippen MR) is 150 cm³/mol. The molecule has 2 aliphatic carbocycles. The Morgan fingerprint density at radius 1 is 1.22 bits per heavy atom. The van der Waals surface area contributed by atoms with Crippen molar-refractivity contribution in [2.24, 2.45) is 23.2 Å². The van der Waals surface area contributed by atoms with E-state index < -0.39 is 0 Å². The molecule has 5 nitrogen and oxygen atoms in total. The van der Waals surface area contributed by atoms with Crippen molar-refractivity contribution in [1.82, 2.24) is 14.8 Å². The number of hydrogen-bond acceptors (Lipinski definition) is 3. The molecule has 0 saturated carbocycles. The topological polar surface area (TPSA) is 59.6 Å². The van der Waals surface area contributed by atoms with Crippen LogP contribution in [0.2, 0.25) is 10.0 Å². The molecule has 4 atom stereocenters. The first kappa shape index (κ1) is 25.2. The minimum absolute atomic E-state index is 0.0259. The fourth-order valence-electron chi connectivity index (χ4n) is 7.24. The zero-order chi connectivity index (χ0) is 25.7. The fraction of sp³-hybridized carbons (Fsp3) is 0.500. The maximum absolute atomic E-state index is 13.2. The van der Waals surface area contributed by atoms with Crippen LogP contribution in [0.4, 0.5) is 0 Å². The standard InChI is InChI=1S/C30H35Cl2N3O2/c1-19-17-34(13-10-30(19)9-6-20-4-2-3-5-24(20)30)18-28(36)21-7-11-35(12-8-21)29(37)27-16-23-25(32)14-22(31)15-26(23)33-27/h2-4,6,9,14-16,19,21,24,28,33,36H,5,7-8,10-13,17-18H2,1H3/t19-,24?,28?,30+/m1/s1. The smallest absolute Gasteiger partial charge is 0.270 e. The van der Waals surface area contributed by atoms with E-state index >= 15 is 0 Å². The van der Waals surface area contributed by atoms with Crippen LogP contribution < -0.4 is 0 Å². The summed E-state index contributed by atoms with van der Waals surface area (Å²) in [7, 11) is 0. The molecule has 196 valence electrons. The van der Waals surface area contributed by atoms with Crippen molar-refractivity contribution in [1.29, 1.82) is 0 Å². The van der Waals surface area contributed by atoms with Crippen LogP contribution in [0.3, 0.4) is 0 Å². The molecule has 2 N–H and O–H groups in total. The summed E-state index contributed by atoms with van der Waals surface area (Å²) in [6.45, 7) is 6.47. The Labute approximate surface area is 228 Å². The highest BCUT2D eigenvalue weighted by molar-refractivity contribution is 6.38. The van der Waals surface area contributed by atoms with Crippen molar-refractivity contribution in [3.8, 4) is 0 Å². The number of carbonyl (C=O) groups excluding carboxylic acids is 1. The van der Waals surface area contributed by atoms with E-state index in [1.54, 1.807) is 12.1 Å². The average Bonchev–Trinajstić information content (AvgIpc) is 3.49. The number of β-amino-alcohol motifs (C(OH)–C–C–N with tert-alkyl or cyclic N) is 1. The second kappa shape index (κ2) is 9.92. The Balaban J connectivity index is 1.02. The van der Waals surface area contributed by atoms with Gasteiger partial charge in [0.2, 0.25) is 0 Å². The van der Waals surface area contributed by atoms with E-state index in [0.29, 0.717) is 40.7 Å². The Morgan fingerprint density at radius 3 is 2.81 bits per heavy atom. The second-order valence-corrected chi connectivity index (χ2v) is 12.3. The third kappa shape index (κ3) is 4.58. The van der Waals surface area contributed by atoms with Crippen LogP contribution in [0, 0.1) is 23.2 Å². The fourth-order valence-corrected chi connectivity index (χ4v) is 7.79. The van der Waals surface area contributed by atoms with Crippen LogP contribution in [0.15, 0.2) is 54.2 Å². The summed E-state index contributed by atoms with van der Waals surface area (Å²) in [6, 6.07) is 5.29. The molecule has 1 aromatic carbocycles. The van der Waals surface area contributed by atoms with Gasteiger partial charge in [-0.25, -0.2) is 0 Å². The summed E-state index contributed by atoms with van der Waals surface area (Å²) in [5.41, 5.74) is 3.05. The number of nitrogens with zero attached hydrogens (tertiary/aromatic N) is 2. The lowest BCUT2D eigenvalue weighted by Gasteiger charge is -2.48. The number of hydrogen-bond donors (Lipinski definition) is 2. The van der Waals surface area contributed by atoms with Crippen molar-refractivity contribution < 1.29 is 9.90 Å². The van der Waals surface area contributed by atoms with E-state index in [4.69, 9.17) is 23.2 Å². The lowest BCUT2D eigenvalue weighted by molar-refractivity contribution is -0.00475. The maximum atomic E-state index is 13.2.